The Morgan fingerprint density at radius 1 is 1.32 bits per heavy atom. The van der Waals surface area contributed by atoms with Crippen molar-refractivity contribution < 1.29 is 27.5 Å². The van der Waals surface area contributed by atoms with Crippen LogP contribution in [0.5, 0.6) is 0 Å². The van der Waals surface area contributed by atoms with Crippen LogP contribution in [-0.2, 0) is 18.0 Å². The molecule has 1 aromatic carbocycles. The van der Waals surface area contributed by atoms with Crippen molar-refractivity contribution in [1.29, 1.82) is 0 Å². The van der Waals surface area contributed by atoms with Crippen LogP contribution in [-0.4, -0.2) is 20.9 Å². The third kappa shape index (κ3) is 3.80. The van der Waals surface area contributed by atoms with Gasteiger partial charge in [0.2, 0.25) is 0 Å². The Morgan fingerprint density at radius 3 is 2.40 bits per heavy atom. The van der Waals surface area contributed by atoms with Crippen LogP contribution in [0.2, 0.25) is 10.0 Å². The number of carboxylic acids is 1. The topological polar surface area (TPSA) is 55.1 Å². The summed E-state index contributed by atoms with van der Waals surface area (Å²) in [7, 11) is 1.03. The lowest BCUT2D eigenvalue weighted by Crippen LogP contribution is -2.12. The normalized spacial score (nSPS) is 12.6. The Bertz CT molecular complexity index is 889. The van der Waals surface area contributed by atoms with Crippen LogP contribution < -0.4 is 0 Å². The molecule has 4 nitrogen and oxygen atoms in total. The van der Waals surface area contributed by atoms with Gasteiger partial charge in [-0.15, -0.1) is 0 Å². The van der Waals surface area contributed by atoms with Gasteiger partial charge in [-0.3, -0.25) is 4.68 Å². The standard InChI is InChI=1S/C15H10Cl2F4N2O2/c1-6(14(24)25)3-7-4-8(10(18)5-9(7)16)12-11(17)13(15(19,20)21)23(2)22-12/h3-5H,1-2H3,(H,24,25). The molecule has 2 aromatic rings. The summed E-state index contributed by atoms with van der Waals surface area (Å²) in [5.41, 5.74) is -1.97. The van der Waals surface area contributed by atoms with Crippen LogP contribution in [0.1, 0.15) is 18.2 Å². The molecule has 1 aromatic heterocycles. The smallest absolute Gasteiger partial charge is 0.434 e. The highest BCUT2D eigenvalue weighted by Gasteiger charge is 2.39. The molecule has 0 fully saturated rings. The number of carbonyl (C=O) groups is 1. The number of alkyl halides is 3. The van der Waals surface area contributed by atoms with Gasteiger partial charge in [0.15, 0.2) is 5.69 Å². The predicted octanol–water partition coefficient (Wildman–Crippen LogP) is 5.04. The van der Waals surface area contributed by atoms with E-state index in [1.165, 1.54) is 6.92 Å². The van der Waals surface area contributed by atoms with Crippen molar-refractivity contribution in [2.45, 2.75) is 13.1 Å². The van der Waals surface area contributed by atoms with Crippen molar-refractivity contribution >= 4 is 35.2 Å². The van der Waals surface area contributed by atoms with Crippen molar-refractivity contribution in [1.82, 2.24) is 9.78 Å². The van der Waals surface area contributed by atoms with Gasteiger partial charge in [0.25, 0.3) is 0 Å². The number of carboxylic acid groups (broad SMARTS) is 1. The summed E-state index contributed by atoms with van der Waals surface area (Å²) in [6, 6.07) is 1.95. The molecule has 0 aliphatic rings. The van der Waals surface area contributed by atoms with E-state index in [0.29, 0.717) is 4.68 Å². The second kappa shape index (κ2) is 6.68. The molecule has 0 aliphatic carbocycles. The van der Waals surface area contributed by atoms with Gasteiger partial charge in [-0.25, -0.2) is 9.18 Å². The highest BCUT2D eigenvalue weighted by atomic mass is 35.5. The Balaban J connectivity index is 2.69. The molecule has 25 heavy (non-hydrogen) atoms. The fourth-order valence-corrected chi connectivity index (χ4v) is 2.70. The highest BCUT2D eigenvalue weighted by Crippen LogP contribution is 2.41. The van der Waals surface area contributed by atoms with Crippen molar-refractivity contribution in [2.24, 2.45) is 7.05 Å². The van der Waals surface area contributed by atoms with E-state index in [4.69, 9.17) is 28.3 Å². The maximum atomic E-state index is 14.2. The van der Waals surface area contributed by atoms with E-state index in [1.807, 2.05) is 0 Å². The summed E-state index contributed by atoms with van der Waals surface area (Å²) in [4.78, 5) is 10.9. The first kappa shape index (κ1) is 19.3. The zero-order valence-electron chi connectivity index (χ0n) is 12.7. The summed E-state index contributed by atoms with van der Waals surface area (Å²) in [6.07, 6.45) is -3.61. The average Bonchev–Trinajstić information content (AvgIpc) is 2.76. The van der Waals surface area contributed by atoms with Crippen molar-refractivity contribution in [3.05, 3.63) is 44.8 Å². The molecule has 0 saturated heterocycles. The van der Waals surface area contributed by atoms with Gasteiger partial charge in [-0.2, -0.15) is 18.3 Å². The van der Waals surface area contributed by atoms with Gasteiger partial charge in [-0.05, 0) is 30.7 Å². The predicted molar refractivity (Wildman–Crippen MR) is 84.9 cm³/mol. The Hall–Kier alpha value is -2.06. The molecule has 0 saturated carbocycles. The molecule has 134 valence electrons. The number of nitrogens with zero attached hydrogens (tertiary/aromatic N) is 2. The Morgan fingerprint density at radius 2 is 1.92 bits per heavy atom. The Labute approximate surface area is 149 Å². The first-order valence-electron chi connectivity index (χ1n) is 6.64. The van der Waals surface area contributed by atoms with Gasteiger partial charge < -0.3 is 5.11 Å². The van der Waals surface area contributed by atoms with Gasteiger partial charge in [0, 0.05) is 18.2 Å². The highest BCUT2D eigenvalue weighted by molar-refractivity contribution is 6.34. The maximum Gasteiger partial charge on any atom is 0.434 e. The summed E-state index contributed by atoms with van der Waals surface area (Å²) in [6.45, 7) is 1.29. The first-order valence-corrected chi connectivity index (χ1v) is 7.39. The quantitative estimate of drug-likeness (QED) is 0.583. The largest absolute Gasteiger partial charge is 0.478 e. The lowest BCUT2D eigenvalue weighted by atomic mass is 10.0. The monoisotopic (exact) mass is 396 g/mol. The van der Waals surface area contributed by atoms with E-state index in [2.05, 4.69) is 5.10 Å². The molecule has 1 N–H and O–H groups in total. The molecule has 0 radical (unpaired) electrons. The molecule has 2 rings (SSSR count). The van der Waals surface area contributed by atoms with E-state index in [-0.39, 0.29) is 21.7 Å². The second-order valence-electron chi connectivity index (χ2n) is 5.12. The van der Waals surface area contributed by atoms with Gasteiger partial charge >= 0.3 is 12.1 Å². The third-order valence-corrected chi connectivity index (χ3v) is 3.99. The Kier molecular flexibility index (Phi) is 5.15. The minimum Gasteiger partial charge on any atom is -0.478 e. The maximum absolute atomic E-state index is 14.2. The number of aryl methyl sites for hydroxylation is 1. The fraction of sp³-hybridized carbons (Fsp3) is 0.200. The number of benzene rings is 1. The van der Waals surface area contributed by atoms with Crippen LogP contribution in [0, 0.1) is 5.82 Å². The number of rotatable bonds is 3. The summed E-state index contributed by atoms with van der Waals surface area (Å²) < 4.78 is 53.7. The number of aromatic nitrogens is 2. The molecule has 10 heteroatoms. The number of halogens is 6. The van der Waals surface area contributed by atoms with E-state index in [1.54, 1.807) is 0 Å². The summed E-state index contributed by atoms with van der Waals surface area (Å²) >= 11 is 11.6. The lowest BCUT2D eigenvalue weighted by molar-refractivity contribution is -0.143. The number of aliphatic carboxylic acids is 1. The zero-order chi connectivity index (χ0) is 19.1. The van der Waals surface area contributed by atoms with Crippen molar-refractivity contribution in [2.75, 3.05) is 0 Å². The molecule has 1 heterocycles. The van der Waals surface area contributed by atoms with Crippen LogP contribution in [0.25, 0.3) is 17.3 Å². The van der Waals surface area contributed by atoms with E-state index < -0.39 is 34.4 Å². The van der Waals surface area contributed by atoms with Crippen LogP contribution in [0.3, 0.4) is 0 Å². The van der Waals surface area contributed by atoms with Crippen LogP contribution >= 0.6 is 23.2 Å². The van der Waals surface area contributed by atoms with Gasteiger partial charge in [-0.1, -0.05) is 23.2 Å². The van der Waals surface area contributed by atoms with E-state index in [9.17, 15) is 22.4 Å². The van der Waals surface area contributed by atoms with E-state index in [0.717, 1.165) is 25.3 Å². The average molecular weight is 397 g/mol. The minimum atomic E-state index is -4.78. The van der Waals surface area contributed by atoms with Crippen LogP contribution in [0.15, 0.2) is 17.7 Å². The lowest BCUT2D eigenvalue weighted by Gasteiger charge is -2.07. The first-order chi connectivity index (χ1) is 11.4. The molecular formula is C15H10Cl2F4N2O2. The number of hydrogen-bond donors (Lipinski definition) is 1. The molecule has 0 aliphatic heterocycles. The molecule has 0 amide bonds. The van der Waals surface area contributed by atoms with Crippen molar-refractivity contribution in [3.63, 3.8) is 0 Å². The molecule has 0 bridgehead atoms. The SMILES string of the molecule is CC(=Cc1cc(-c2nn(C)c(C(F)(F)F)c2Cl)c(F)cc1Cl)C(=O)O. The third-order valence-electron chi connectivity index (χ3n) is 3.31. The zero-order valence-corrected chi connectivity index (χ0v) is 14.3. The van der Waals surface area contributed by atoms with Crippen LogP contribution in [0.4, 0.5) is 17.6 Å². The van der Waals surface area contributed by atoms with E-state index >= 15 is 0 Å². The molecule has 0 unspecified atom stereocenters. The fourth-order valence-electron chi connectivity index (χ4n) is 2.13. The van der Waals surface area contributed by atoms with Gasteiger partial charge in [0.1, 0.15) is 11.5 Å². The summed E-state index contributed by atoms with van der Waals surface area (Å²) in [5.74, 6) is -2.17. The molecular weight excluding hydrogens is 387 g/mol. The van der Waals surface area contributed by atoms with Crippen molar-refractivity contribution in [3.8, 4) is 11.3 Å². The second-order valence-corrected chi connectivity index (χ2v) is 5.90. The van der Waals surface area contributed by atoms with Gasteiger partial charge in [0.05, 0.1) is 10.0 Å². The summed E-state index contributed by atoms with van der Waals surface area (Å²) in [5, 5.41) is 11.7. The number of hydrogen-bond acceptors (Lipinski definition) is 2. The molecule has 0 spiro atoms. The minimum absolute atomic E-state index is 0.0949. The molecule has 0 atom stereocenters.